The second-order valence-electron chi connectivity index (χ2n) is 7.19. The second kappa shape index (κ2) is 9.82. The number of hydrogen-bond donors (Lipinski definition) is 1. The number of imide groups is 2. The molecule has 2 heterocycles. The van der Waals surface area contributed by atoms with Crippen LogP contribution in [0.5, 0.6) is 11.5 Å². The Kier molecular flexibility index (Phi) is 6.49. The van der Waals surface area contributed by atoms with Gasteiger partial charge in [0.05, 0.1) is 13.1 Å². The normalized spacial score (nSPS) is 15.0. The first kappa shape index (κ1) is 21.8. The number of anilines is 2. The summed E-state index contributed by atoms with van der Waals surface area (Å²) in [5.74, 6) is -0.0484. The van der Waals surface area contributed by atoms with Crippen molar-refractivity contribution in [3.8, 4) is 11.5 Å². The Morgan fingerprint density at radius 3 is 1.21 bits per heavy atom. The molecular weight excluding hydrogens is 426 g/mol. The summed E-state index contributed by atoms with van der Waals surface area (Å²) in [6.45, 7) is 0.815. The van der Waals surface area contributed by atoms with Gasteiger partial charge in [-0.2, -0.15) is 0 Å². The molecule has 2 aromatic rings. The van der Waals surface area contributed by atoms with E-state index in [2.05, 4.69) is 5.32 Å². The number of nitrogens with zero attached hydrogens (tertiary/aromatic N) is 2. The lowest BCUT2D eigenvalue weighted by Gasteiger charge is -2.15. The Labute approximate surface area is 189 Å². The highest BCUT2D eigenvalue weighted by Crippen LogP contribution is 2.22. The van der Waals surface area contributed by atoms with Crippen molar-refractivity contribution in [2.45, 2.75) is 0 Å². The van der Waals surface area contributed by atoms with Gasteiger partial charge in [-0.25, -0.2) is 0 Å². The number of hydrogen-bond acceptors (Lipinski definition) is 7. The summed E-state index contributed by atoms with van der Waals surface area (Å²) in [6, 6.07) is 14.6. The van der Waals surface area contributed by atoms with E-state index in [4.69, 9.17) is 9.47 Å². The van der Waals surface area contributed by atoms with E-state index in [0.717, 1.165) is 21.2 Å². The number of ether oxygens (including phenoxy) is 2. The molecule has 2 aromatic carbocycles. The summed E-state index contributed by atoms with van der Waals surface area (Å²) >= 11 is 0. The maximum Gasteiger partial charge on any atom is 0.253 e. The summed E-state index contributed by atoms with van der Waals surface area (Å²) in [6.07, 6.45) is 4.99. The minimum atomic E-state index is -0.325. The van der Waals surface area contributed by atoms with Crippen LogP contribution in [-0.2, 0) is 19.2 Å². The van der Waals surface area contributed by atoms with Crippen LogP contribution in [0.1, 0.15) is 0 Å². The van der Waals surface area contributed by atoms with E-state index in [-0.39, 0.29) is 49.9 Å². The van der Waals surface area contributed by atoms with Crippen molar-refractivity contribution in [3.63, 3.8) is 0 Å². The fourth-order valence-electron chi connectivity index (χ4n) is 3.25. The van der Waals surface area contributed by atoms with Gasteiger partial charge in [-0.1, -0.05) is 0 Å². The fourth-order valence-corrected chi connectivity index (χ4v) is 3.25. The zero-order valence-corrected chi connectivity index (χ0v) is 17.6. The molecule has 33 heavy (non-hydrogen) atoms. The van der Waals surface area contributed by atoms with Crippen LogP contribution < -0.4 is 14.8 Å². The molecule has 0 aliphatic carbocycles. The van der Waals surface area contributed by atoms with E-state index in [1.54, 1.807) is 24.3 Å². The maximum absolute atomic E-state index is 11.5. The summed E-state index contributed by atoms with van der Waals surface area (Å²) in [5, 5.41) is 3.26. The quantitative estimate of drug-likeness (QED) is 0.556. The van der Waals surface area contributed by atoms with Crippen LogP contribution in [0.25, 0.3) is 0 Å². The molecule has 9 heteroatoms. The molecule has 0 unspecified atom stereocenters. The first-order valence-electron chi connectivity index (χ1n) is 10.3. The maximum atomic E-state index is 11.5. The molecule has 1 N–H and O–H groups in total. The van der Waals surface area contributed by atoms with E-state index in [0.29, 0.717) is 11.5 Å². The number of nitrogens with one attached hydrogen (secondary N) is 1. The van der Waals surface area contributed by atoms with Crippen LogP contribution in [0, 0.1) is 0 Å². The third-order valence-electron chi connectivity index (χ3n) is 4.97. The van der Waals surface area contributed by atoms with E-state index in [1.165, 1.54) is 24.3 Å². The average molecular weight is 447 g/mol. The van der Waals surface area contributed by atoms with Gasteiger partial charge in [0.25, 0.3) is 23.6 Å². The van der Waals surface area contributed by atoms with Gasteiger partial charge in [-0.15, -0.1) is 0 Å². The Bertz CT molecular complexity index is 996. The molecule has 0 saturated carbocycles. The van der Waals surface area contributed by atoms with Gasteiger partial charge in [0, 0.05) is 35.7 Å². The standard InChI is InChI=1S/C24H21N3O6/c28-21-9-10-22(29)26(21)13-15-32-19-5-1-17(2-6-19)25-18-3-7-20(8-4-18)33-16-14-27-23(30)11-12-24(27)31/h1-12,25H,13-16H2. The Hall–Kier alpha value is -4.40. The van der Waals surface area contributed by atoms with E-state index in [1.807, 2.05) is 24.3 Å². The molecule has 2 aliphatic rings. The summed E-state index contributed by atoms with van der Waals surface area (Å²) in [5.41, 5.74) is 1.70. The average Bonchev–Trinajstić information content (AvgIpc) is 3.31. The van der Waals surface area contributed by atoms with Gasteiger partial charge in [-0.05, 0) is 48.5 Å². The Morgan fingerprint density at radius 2 is 0.879 bits per heavy atom. The van der Waals surface area contributed by atoms with Crippen molar-refractivity contribution < 1.29 is 28.7 Å². The van der Waals surface area contributed by atoms with Crippen LogP contribution in [0.4, 0.5) is 11.4 Å². The van der Waals surface area contributed by atoms with Gasteiger partial charge in [0.2, 0.25) is 0 Å². The van der Waals surface area contributed by atoms with Gasteiger partial charge in [0.15, 0.2) is 0 Å². The zero-order valence-electron chi connectivity index (χ0n) is 17.6. The van der Waals surface area contributed by atoms with Crippen molar-refractivity contribution in [2.24, 2.45) is 0 Å². The molecule has 168 valence electrons. The molecule has 0 fully saturated rings. The molecule has 0 bridgehead atoms. The molecule has 0 atom stereocenters. The minimum Gasteiger partial charge on any atom is -0.492 e. The number of benzene rings is 2. The molecule has 0 spiro atoms. The SMILES string of the molecule is O=C1C=CC(=O)N1CCOc1ccc(Nc2ccc(OCCN3C(=O)C=CC3=O)cc2)cc1. The Balaban J connectivity index is 1.20. The lowest BCUT2D eigenvalue weighted by molar-refractivity contribution is -0.138. The van der Waals surface area contributed by atoms with E-state index < -0.39 is 0 Å². The highest BCUT2D eigenvalue weighted by molar-refractivity contribution is 6.13. The van der Waals surface area contributed by atoms with Crippen LogP contribution in [0.2, 0.25) is 0 Å². The smallest absolute Gasteiger partial charge is 0.253 e. The summed E-state index contributed by atoms with van der Waals surface area (Å²) in [4.78, 5) is 48.3. The highest BCUT2D eigenvalue weighted by atomic mass is 16.5. The lowest BCUT2D eigenvalue weighted by Crippen LogP contribution is -2.33. The van der Waals surface area contributed by atoms with Crippen LogP contribution in [0.15, 0.2) is 72.8 Å². The Morgan fingerprint density at radius 1 is 0.545 bits per heavy atom. The van der Waals surface area contributed by atoms with Crippen LogP contribution in [0.3, 0.4) is 0 Å². The third-order valence-corrected chi connectivity index (χ3v) is 4.97. The molecule has 4 rings (SSSR count). The minimum absolute atomic E-state index is 0.195. The summed E-state index contributed by atoms with van der Waals surface area (Å²) < 4.78 is 11.2. The molecule has 0 radical (unpaired) electrons. The molecule has 2 aliphatic heterocycles. The van der Waals surface area contributed by atoms with Crippen LogP contribution in [-0.4, -0.2) is 59.7 Å². The van der Waals surface area contributed by atoms with Crippen molar-refractivity contribution >= 4 is 35.0 Å². The lowest BCUT2D eigenvalue weighted by atomic mass is 10.2. The molecule has 0 saturated heterocycles. The number of rotatable bonds is 10. The first-order valence-corrected chi connectivity index (χ1v) is 10.3. The summed E-state index contributed by atoms with van der Waals surface area (Å²) in [7, 11) is 0. The van der Waals surface area contributed by atoms with Crippen molar-refractivity contribution in [1.82, 2.24) is 9.80 Å². The van der Waals surface area contributed by atoms with Gasteiger partial charge in [-0.3, -0.25) is 29.0 Å². The molecule has 9 nitrogen and oxygen atoms in total. The number of carbonyl (C=O) groups is 4. The zero-order chi connectivity index (χ0) is 23.2. The molecular formula is C24H21N3O6. The third kappa shape index (κ3) is 5.45. The molecule has 0 aromatic heterocycles. The first-order chi connectivity index (χ1) is 16.0. The largest absolute Gasteiger partial charge is 0.492 e. The van der Waals surface area contributed by atoms with E-state index in [9.17, 15) is 19.2 Å². The van der Waals surface area contributed by atoms with Crippen molar-refractivity contribution in [3.05, 3.63) is 72.8 Å². The van der Waals surface area contributed by atoms with Crippen molar-refractivity contribution in [2.75, 3.05) is 31.6 Å². The molecule has 4 amide bonds. The topological polar surface area (TPSA) is 105 Å². The number of amides is 4. The van der Waals surface area contributed by atoms with Crippen molar-refractivity contribution in [1.29, 1.82) is 0 Å². The predicted octanol–water partition coefficient (Wildman–Crippen LogP) is 2.04. The second-order valence-corrected chi connectivity index (χ2v) is 7.19. The fraction of sp³-hybridized carbons (Fsp3) is 0.167. The van der Waals surface area contributed by atoms with Crippen LogP contribution >= 0.6 is 0 Å². The van der Waals surface area contributed by atoms with Gasteiger partial charge in [0.1, 0.15) is 24.7 Å². The monoisotopic (exact) mass is 447 g/mol. The van der Waals surface area contributed by atoms with Gasteiger partial charge < -0.3 is 14.8 Å². The number of carbonyl (C=O) groups excluding carboxylic acids is 4. The predicted molar refractivity (Wildman–Crippen MR) is 119 cm³/mol. The van der Waals surface area contributed by atoms with E-state index >= 15 is 0 Å². The highest BCUT2D eigenvalue weighted by Gasteiger charge is 2.23. The van der Waals surface area contributed by atoms with Gasteiger partial charge >= 0.3 is 0 Å².